The number of methoxy groups -OCH3 is 1. The quantitative estimate of drug-likeness (QED) is 0.113. The molecule has 3 atom stereocenters. The van der Waals surface area contributed by atoms with E-state index in [4.69, 9.17) is 13.9 Å². The van der Waals surface area contributed by atoms with Crippen molar-refractivity contribution in [3.63, 3.8) is 0 Å². The van der Waals surface area contributed by atoms with Crippen molar-refractivity contribution in [2.75, 3.05) is 19.0 Å². The van der Waals surface area contributed by atoms with Gasteiger partial charge in [0.1, 0.15) is 29.4 Å². The summed E-state index contributed by atoms with van der Waals surface area (Å²) in [7, 11) is -0.423. The molecule has 0 aromatic heterocycles. The summed E-state index contributed by atoms with van der Waals surface area (Å²) in [5.41, 5.74) is 3.69. The number of imide groups is 1. The highest BCUT2D eigenvalue weighted by molar-refractivity contribution is 14.1. The largest absolute Gasteiger partial charge is 0.544 e. The van der Waals surface area contributed by atoms with Gasteiger partial charge in [0.15, 0.2) is 0 Å². The predicted octanol–water partition coefficient (Wildman–Crippen LogP) is 9.86. The molecule has 1 saturated heterocycles. The first kappa shape index (κ1) is 35.8. The number of hydrogen-bond acceptors (Lipinski definition) is 7. The number of carbonyl (C=O) groups excluding carboxylic acids is 2. The molecule has 7 nitrogen and oxygen atoms in total. The number of para-hydroxylation sites is 1. The molecule has 10 heteroatoms. The van der Waals surface area contributed by atoms with Gasteiger partial charge in [-0.3, -0.25) is 4.79 Å². The highest BCUT2D eigenvalue weighted by atomic mass is 127. The van der Waals surface area contributed by atoms with Crippen LogP contribution >= 0.6 is 34.4 Å². The van der Waals surface area contributed by atoms with Crippen LogP contribution in [0.1, 0.15) is 49.5 Å². The lowest BCUT2D eigenvalue weighted by atomic mass is 10.0. The zero-order chi connectivity index (χ0) is 34.5. The Bertz CT molecular complexity index is 1700. The van der Waals surface area contributed by atoms with Crippen LogP contribution in [-0.4, -0.2) is 44.2 Å². The van der Waals surface area contributed by atoms with Crippen molar-refractivity contribution in [1.82, 2.24) is 4.90 Å². The Balaban J connectivity index is 1.56. The average Bonchev–Trinajstić information content (AvgIpc) is 3.46. The smallest absolute Gasteiger partial charge is 0.417 e. The summed E-state index contributed by atoms with van der Waals surface area (Å²) in [5, 5.41) is 3.05. The van der Waals surface area contributed by atoms with E-state index in [-0.39, 0.29) is 17.6 Å². The molecule has 2 amide bonds. The first-order valence-electron chi connectivity index (χ1n) is 16.0. The molecule has 5 rings (SSSR count). The maximum absolute atomic E-state index is 14.8. The lowest BCUT2D eigenvalue weighted by Crippen LogP contribution is -2.44. The molecular formula is C38H43IN2O5SSi. The number of ether oxygens (including phenoxy) is 2. The first-order valence-corrected chi connectivity index (χ1v) is 21.0. The second-order valence-corrected chi connectivity index (χ2v) is 20.3. The summed E-state index contributed by atoms with van der Waals surface area (Å²) in [6.45, 7) is 11.2. The van der Waals surface area contributed by atoms with E-state index in [9.17, 15) is 9.59 Å². The van der Waals surface area contributed by atoms with E-state index >= 15 is 0 Å². The maximum Gasteiger partial charge on any atom is 0.417 e. The van der Waals surface area contributed by atoms with Crippen LogP contribution < -0.4 is 14.5 Å². The van der Waals surface area contributed by atoms with Crippen molar-refractivity contribution in [2.45, 2.75) is 62.0 Å². The van der Waals surface area contributed by atoms with Crippen LogP contribution in [0.25, 0.3) is 0 Å². The molecule has 0 bridgehead atoms. The van der Waals surface area contributed by atoms with Gasteiger partial charge in [0.25, 0.3) is 0 Å². The number of nitrogens with one attached hydrogen (secondary N) is 1. The highest BCUT2D eigenvalue weighted by Crippen LogP contribution is 2.40. The number of halogens is 1. The standard InChI is InChI=1S/C38H43IN2O5SSi/c1-38(2,3)48(5,6)46-30-22-18-28(19-23-30)34(40-32-15-11-10-14-31(32)39)35(47-25-26-16-20-29(44-4)21-17-26)36(42)41-33(24-45-37(41)43)27-12-8-7-9-13-27/h7-23,33-35,40H,24-25H2,1-6H3/t33?,34-,35-/m1/s1. The molecule has 1 aliphatic heterocycles. The van der Waals surface area contributed by atoms with Crippen LogP contribution in [0.2, 0.25) is 18.1 Å². The number of rotatable bonds is 12. The number of nitrogens with zero attached hydrogens (tertiary/aromatic N) is 1. The van der Waals surface area contributed by atoms with E-state index in [0.29, 0.717) is 5.75 Å². The summed E-state index contributed by atoms with van der Waals surface area (Å²) in [5.74, 6) is 1.80. The highest BCUT2D eigenvalue weighted by Gasteiger charge is 2.45. The lowest BCUT2D eigenvalue weighted by Gasteiger charge is -2.36. The molecule has 1 aliphatic rings. The Morgan fingerprint density at radius 1 is 0.958 bits per heavy atom. The summed E-state index contributed by atoms with van der Waals surface area (Å²) in [6.07, 6.45) is -0.630. The molecule has 0 aliphatic carbocycles. The van der Waals surface area contributed by atoms with Gasteiger partial charge in [-0.2, -0.15) is 0 Å². The summed E-state index contributed by atoms with van der Waals surface area (Å²) < 4.78 is 18.5. The Morgan fingerprint density at radius 2 is 1.58 bits per heavy atom. The Morgan fingerprint density at radius 3 is 2.21 bits per heavy atom. The summed E-state index contributed by atoms with van der Waals surface area (Å²) in [4.78, 5) is 29.4. The van der Waals surface area contributed by atoms with Gasteiger partial charge >= 0.3 is 6.09 Å². The van der Waals surface area contributed by atoms with Crippen LogP contribution in [-0.2, 0) is 15.3 Å². The number of carbonyl (C=O) groups is 2. The van der Waals surface area contributed by atoms with Crippen LogP contribution in [0.3, 0.4) is 0 Å². The molecule has 4 aromatic carbocycles. The third kappa shape index (κ3) is 8.38. The molecule has 1 fully saturated rings. The van der Waals surface area contributed by atoms with Crippen LogP contribution in [0, 0.1) is 3.57 Å². The molecular weight excluding hydrogens is 751 g/mol. The number of benzene rings is 4. The van der Waals surface area contributed by atoms with Crippen molar-refractivity contribution in [3.8, 4) is 11.5 Å². The fourth-order valence-electron chi connectivity index (χ4n) is 5.21. The number of anilines is 1. The second kappa shape index (κ2) is 15.4. The van der Waals surface area contributed by atoms with Crippen LogP contribution in [0.4, 0.5) is 10.5 Å². The van der Waals surface area contributed by atoms with Crippen molar-refractivity contribution in [2.24, 2.45) is 0 Å². The molecule has 0 saturated carbocycles. The fraction of sp³-hybridized carbons (Fsp3) is 0.316. The van der Waals surface area contributed by atoms with Gasteiger partial charge in [0.05, 0.1) is 13.2 Å². The fourth-order valence-corrected chi connectivity index (χ4v) is 8.02. The third-order valence-electron chi connectivity index (χ3n) is 9.03. The third-order valence-corrected chi connectivity index (χ3v) is 15.7. The topological polar surface area (TPSA) is 77.1 Å². The number of cyclic esters (lactones) is 1. The predicted molar refractivity (Wildman–Crippen MR) is 205 cm³/mol. The zero-order valence-corrected chi connectivity index (χ0v) is 32.2. The Labute approximate surface area is 303 Å². The zero-order valence-electron chi connectivity index (χ0n) is 28.2. The number of hydrogen-bond donors (Lipinski definition) is 1. The van der Waals surface area contributed by atoms with Crippen molar-refractivity contribution in [3.05, 3.63) is 123 Å². The molecule has 4 aromatic rings. The number of amides is 2. The van der Waals surface area contributed by atoms with Crippen molar-refractivity contribution >= 4 is 60.4 Å². The van der Waals surface area contributed by atoms with E-state index in [0.717, 1.165) is 37.4 Å². The van der Waals surface area contributed by atoms with Crippen LogP contribution in [0.5, 0.6) is 11.5 Å². The van der Waals surface area contributed by atoms with Gasteiger partial charge in [0, 0.05) is 15.0 Å². The molecule has 252 valence electrons. The molecule has 1 unspecified atom stereocenters. The molecule has 1 N–H and O–H groups in total. The molecule has 1 heterocycles. The molecule has 0 radical (unpaired) electrons. The Hall–Kier alpha value is -3.48. The SMILES string of the molecule is COc1ccc(CS[C@@H](C(=O)N2C(=O)OCC2c2ccccc2)[C@H](Nc2ccccc2I)c2ccc(O[Si](C)(C)C(C)(C)C)cc2)cc1. The molecule has 0 spiro atoms. The monoisotopic (exact) mass is 794 g/mol. The maximum atomic E-state index is 14.8. The van der Waals surface area contributed by atoms with Gasteiger partial charge in [-0.1, -0.05) is 87.5 Å². The Kier molecular flexibility index (Phi) is 11.5. The van der Waals surface area contributed by atoms with Gasteiger partial charge in [-0.05, 0) is 93.8 Å². The first-order chi connectivity index (χ1) is 22.9. The number of thioether (sulfide) groups is 1. The van der Waals surface area contributed by atoms with Gasteiger partial charge in [0.2, 0.25) is 14.2 Å². The van der Waals surface area contributed by atoms with E-state index in [1.54, 1.807) is 7.11 Å². The van der Waals surface area contributed by atoms with Crippen LogP contribution in [0.15, 0.2) is 103 Å². The van der Waals surface area contributed by atoms with E-state index in [2.05, 4.69) is 61.8 Å². The normalized spacial score (nSPS) is 16.2. The van der Waals surface area contributed by atoms with Crippen molar-refractivity contribution in [1.29, 1.82) is 0 Å². The minimum absolute atomic E-state index is 0.0506. The van der Waals surface area contributed by atoms with E-state index < -0.39 is 31.7 Å². The molecule has 48 heavy (non-hydrogen) atoms. The summed E-state index contributed by atoms with van der Waals surface area (Å²) in [6, 6.07) is 32.4. The van der Waals surface area contributed by atoms with E-state index in [1.807, 2.05) is 103 Å². The lowest BCUT2D eigenvalue weighted by molar-refractivity contribution is -0.129. The van der Waals surface area contributed by atoms with Gasteiger partial charge < -0.3 is 19.2 Å². The van der Waals surface area contributed by atoms with E-state index in [1.165, 1.54) is 16.7 Å². The minimum Gasteiger partial charge on any atom is -0.544 e. The van der Waals surface area contributed by atoms with Crippen molar-refractivity contribution < 1.29 is 23.5 Å². The minimum atomic E-state index is -2.06. The summed E-state index contributed by atoms with van der Waals surface area (Å²) >= 11 is 3.80. The van der Waals surface area contributed by atoms with Gasteiger partial charge in [-0.25, -0.2) is 9.69 Å². The average molecular weight is 795 g/mol. The van der Waals surface area contributed by atoms with Gasteiger partial charge in [-0.15, -0.1) is 11.8 Å². The second-order valence-electron chi connectivity index (χ2n) is 13.3.